The SMILES string of the molecule is CCN1c2cc3c(cc2C(C)=CC1(C)C)C(=CC=CC=CC1=[N+](CCCS(=O)(=O)O)c2ccc(S(=O)(=O)O)cc2C1(C)CCCC(=O)NCCCCCCNc1ncnc2c1ncn2[C@@H]1O[C@H](COP(=O)(O)OP(=O)(O)OP(=O)(O)O)[C@@H](O)[C@H]1O)C=C(C(C)(C)C)O3. The zero-order valence-corrected chi connectivity index (χ0v) is 56.3. The number of nitrogens with one attached hydrogen (secondary N) is 2. The van der Waals surface area contributed by atoms with Gasteiger partial charge in [0.15, 0.2) is 28.9 Å². The first-order valence-corrected chi connectivity index (χ1v) is 37.2. The van der Waals surface area contributed by atoms with Crippen LogP contribution in [0, 0.1) is 5.41 Å². The maximum Gasteiger partial charge on any atom is 0.490 e. The van der Waals surface area contributed by atoms with Gasteiger partial charge in [-0.15, -0.1) is 0 Å². The van der Waals surface area contributed by atoms with Gasteiger partial charge in [-0.05, 0) is 95.7 Å². The average molecular weight is 1380 g/mol. The molecule has 8 rings (SSSR count). The molecule has 10 N–H and O–H groups in total. The first kappa shape index (κ1) is 72.2. The predicted molar refractivity (Wildman–Crippen MR) is 341 cm³/mol. The minimum absolute atomic E-state index is 0.0226. The molecule has 4 aliphatic heterocycles. The number of unbranched alkanes of at least 4 members (excludes halogenated alkanes) is 3. The van der Waals surface area contributed by atoms with Crippen LogP contribution in [0.1, 0.15) is 130 Å². The van der Waals surface area contributed by atoms with Gasteiger partial charge in [0.2, 0.25) is 11.6 Å². The summed E-state index contributed by atoms with van der Waals surface area (Å²) in [6, 6.07) is 8.56. The normalized spacial score (nSPS) is 22.7. The van der Waals surface area contributed by atoms with Crippen molar-refractivity contribution in [3.05, 3.63) is 108 Å². The van der Waals surface area contributed by atoms with E-state index in [2.05, 4.69) is 116 Å². The number of ether oxygens (including phenoxy) is 2. The summed E-state index contributed by atoms with van der Waals surface area (Å²) in [6.45, 7) is 17.6. The number of carbonyl (C=O) groups excluding carboxylic acids is 1. The number of aromatic nitrogens is 4. The van der Waals surface area contributed by atoms with Crippen molar-refractivity contribution in [3.8, 4) is 5.75 Å². The standard InChI is InChI=1S/C58H79N8O21P3S2/c1-9-66-44-32-45-41(31-40(44)37(2)33-57(66,6)7)38(29-48(84-45)56(3,4)5)19-13-12-14-20-47-58(8,42-30-39(92(80,81)82)22-23-43(42)64(47)27-18-28-91(77,78)79)24-17-21-49(67)59-25-15-10-11-16-26-60-53-50-54(62-35-61-53)65(36-63-50)55-52(69)51(68)46(85-55)34-83-89(73,74)87-90(75,76)86-88(70,71)72/h12-14,19-20,22-23,29-33,35-36,46,51-52,55,68-69H,9-11,15-18,21,24-28,34H2,1-8H3,(H7-,59,60,61,62,67,70,71,72,73,74,75,76,77,78,79,80,81,82)/p+1/t46-,51-,52-,55-,58?/m1/s1. The van der Waals surface area contributed by atoms with Crippen LogP contribution >= 0.6 is 23.5 Å². The summed E-state index contributed by atoms with van der Waals surface area (Å²) >= 11 is 0. The molecule has 2 aromatic heterocycles. The third-order valence-corrected chi connectivity index (χ3v) is 21.5. The molecule has 1 saturated heterocycles. The van der Waals surface area contributed by atoms with Gasteiger partial charge in [0.1, 0.15) is 42.7 Å². The Kier molecular flexibility index (Phi) is 22.2. The van der Waals surface area contributed by atoms with Gasteiger partial charge in [-0.2, -0.15) is 30.0 Å². The third kappa shape index (κ3) is 17.6. The number of anilines is 2. The lowest BCUT2D eigenvalue weighted by Crippen LogP contribution is -2.45. The molecular weight excluding hydrogens is 1300 g/mol. The molecule has 2 aromatic carbocycles. The number of fused-ring (bicyclic) bond motifs is 4. The van der Waals surface area contributed by atoms with Crippen molar-refractivity contribution in [3.63, 3.8) is 0 Å². The number of phosphoric ester groups is 1. The van der Waals surface area contributed by atoms with Crippen LogP contribution in [0.25, 0.3) is 22.3 Å². The minimum Gasteiger partial charge on any atom is -0.460 e. The molecule has 4 aliphatic rings. The molecule has 0 radical (unpaired) electrons. The van der Waals surface area contributed by atoms with Crippen molar-refractivity contribution < 1.29 is 101 Å². The van der Waals surface area contributed by atoms with Crippen molar-refractivity contribution in [2.24, 2.45) is 5.41 Å². The number of allylic oxidation sites excluding steroid dienone is 9. The van der Waals surface area contributed by atoms with E-state index < -0.39 is 86.0 Å². The molecule has 4 aromatic rings. The number of benzene rings is 2. The Balaban J connectivity index is 0.878. The molecule has 1 amide bonds. The fourth-order valence-electron chi connectivity index (χ4n) is 11.8. The summed E-state index contributed by atoms with van der Waals surface area (Å²) in [4.78, 5) is 65.0. The molecule has 0 bridgehead atoms. The predicted octanol–water partition coefficient (Wildman–Crippen LogP) is 8.17. The van der Waals surface area contributed by atoms with E-state index in [0.29, 0.717) is 61.6 Å². The van der Waals surface area contributed by atoms with Crippen molar-refractivity contribution in [2.75, 3.05) is 48.8 Å². The van der Waals surface area contributed by atoms with Crippen LogP contribution in [0.4, 0.5) is 17.2 Å². The summed E-state index contributed by atoms with van der Waals surface area (Å²) in [5, 5.41) is 27.7. The van der Waals surface area contributed by atoms with Crippen LogP contribution in [0.2, 0.25) is 0 Å². The van der Waals surface area contributed by atoms with Crippen LogP contribution in [0.5, 0.6) is 5.75 Å². The van der Waals surface area contributed by atoms with Crippen LogP contribution in [-0.2, 0) is 62.0 Å². The zero-order chi connectivity index (χ0) is 67.6. The van der Waals surface area contributed by atoms with Gasteiger partial charge in [0.05, 0.1) is 34.5 Å². The molecular formula is C58H80N8O21P3S2+. The number of aliphatic hydroxyl groups excluding tert-OH is 2. The summed E-state index contributed by atoms with van der Waals surface area (Å²) in [5.41, 5.74) is 6.02. The summed E-state index contributed by atoms with van der Waals surface area (Å²) in [7, 11) is -26.0. The molecule has 29 nitrogen and oxygen atoms in total. The quantitative estimate of drug-likeness (QED) is 0.00805. The fourth-order valence-corrected chi connectivity index (χ4v) is 15.8. The largest absolute Gasteiger partial charge is 0.490 e. The highest BCUT2D eigenvalue weighted by atomic mass is 32.2. The lowest BCUT2D eigenvalue weighted by Gasteiger charge is -2.43. The van der Waals surface area contributed by atoms with Gasteiger partial charge in [0.25, 0.3) is 20.2 Å². The lowest BCUT2D eigenvalue weighted by atomic mass is 9.75. The molecule has 0 saturated carbocycles. The number of carbonyl (C=O) groups is 1. The molecule has 1 fully saturated rings. The van der Waals surface area contributed by atoms with Gasteiger partial charge in [-0.1, -0.05) is 64.0 Å². The second kappa shape index (κ2) is 28.3. The zero-order valence-electron chi connectivity index (χ0n) is 52.0. The highest BCUT2D eigenvalue weighted by molar-refractivity contribution is 7.86. The third-order valence-electron chi connectivity index (χ3n) is 16.1. The molecule has 6 heterocycles. The molecule has 504 valence electrons. The summed E-state index contributed by atoms with van der Waals surface area (Å²) < 4.78 is 131. The van der Waals surface area contributed by atoms with E-state index in [4.69, 9.17) is 19.3 Å². The summed E-state index contributed by atoms with van der Waals surface area (Å²) in [6.07, 6.45) is 13.6. The molecule has 0 aliphatic carbocycles. The first-order valence-electron chi connectivity index (χ1n) is 29.6. The monoisotopic (exact) mass is 1380 g/mol. The maximum atomic E-state index is 13.4. The van der Waals surface area contributed by atoms with E-state index >= 15 is 0 Å². The van der Waals surface area contributed by atoms with Crippen molar-refractivity contribution >= 4 is 94.8 Å². The van der Waals surface area contributed by atoms with Gasteiger partial charge in [0, 0.05) is 78.5 Å². The second-order valence-electron chi connectivity index (χ2n) is 24.5. The van der Waals surface area contributed by atoms with Crippen LogP contribution in [0.15, 0.2) is 96.2 Å². The average Bonchev–Trinajstić information content (AvgIpc) is 1.40. The highest BCUT2D eigenvalue weighted by Gasteiger charge is 2.49. The highest BCUT2D eigenvalue weighted by Crippen LogP contribution is 2.66. The van der Waals surface area contributed by atoms with E-state index in [1.165, 1.54) is 34.9 Å². The van der Waals surface area contributed by atoms with E-state index in [1.807, 2.05) is 41.9 Å². The number of nitrogens with zero attached hydrogens (tertiary/aromatic N) is 6. The van der Waals surface area contributed by atoms with E-state index in [-0.39, 0.29) is 52.3 Å². The fraction of sp³-hybridized carbons (Fsp3) is 0.500. The van der Waals surface area contributed by atoms with Gasteiger partial charge in [-0.3, -0.25) is 23.0 Å². The first-order chi connectivity index (χ1) is 42.8. The van der Waals surface area contributed by atoms with Crippen LogP contribution in [-0.4, -0.2) is 154 Å². The Morgan fingerprint density at radius 3 is 2.26 bits per heavy atom. The number of hydrogen-bond donors (Lipinski definition) is 10. The molecule has 0 spiro atoms. The van der Waals surface area contributed by atoms with Crippen molar-refractivity contribution in [1.29, 1.82) is 0 Å². The number of amides is 1. The Hall–Kier alpha value is -5.66. The lowest BCUT2D eigenvalue weighted by molar-refractivity contribution is -0.437. The number of aliphatic hydroxyl groups is 2. The van der Waals surface area contributed by atoms with Gasteiger partial charge >= 0.3 is 23.5 Å². The van der Waals surface area contributed by atoms with Crippen LogP contribution in [0.3, 0.4) is 0 Å². The number of hydrogen-bond acceptors (Lipinski definition) is 20. The number of rotatable bonds is 29. The molecule has 92 heavy (non-hydrogen) atoms. The molecule has 7 atom stereocenters. The summed E-state index contributed by atoms with van der Waals surface area (Å²) in [5.74, 6) is 1.15. The number of phosphoric acid groups is 3. The minimum atomic E-state index is -5.81. The van der Waals surface area contributed by atoms with Crippen LogP contribution < -0.4 is 20.3 Å². The van der Waals surface area contributed by atoms with Gasteiger partial charge in [-0.25, -0.2) is 28.6 Å². The van der Waals surface area contributed by atoms with Crippen molar-refractivity contribution in [2.45, 2.75) is 147 Å². The molecule has 3 unspecified atom stereocenters. The Morgan fingerprint density at radius 2 is 1.59 bits per heavy atom. The van der Waals surface area contributed by atoms with E-state index in [1.54, 1.807) is 6.07 Å². The Bertz CT molecular complexity index is 4050. The number of imidazole rings is 1. The topological polar surface area (TPSA) is 418 Å². The van der Waals surface area contributed by atoms with Gasteiger partial charge < -0.3 is 54.8 Å². The Labute approximate surface area is 533 Å². The molecule has 34 heteroatoms. The second-order valence-corrected chi connectivity index (χ2v) is 31.9. The van der Waals surface area contributed by atoms with Crippen molar-refractivity contribution in [1.82, 2.24) is 24.8 Å². The maximum absolute atomic E-state index is 13.4. The van der Waals surface area contributed by atoms with E-state index in [0.717, 1.165) is 53.3 Å². The number of likely N-dealkylation sites (N-methyl/N-ethyl adjacent to an activating group) is 1. The van der Waals surface area contributed by atoms with E-state index in [9.17, 15) is 64.4 Å². The smallest absolute Gasteiger partial charge is 0.460 e. The Morgan fingerprint density at radius 1 is 0.870 bits per heavy atom.